The van der Waals surface area contributed by atoms with Crippen LogP contribution in [-0.2, 0) is 15.7 Å². The van der Waals surface area contributed by atoms with Crippen molar-refractivity contribution in [3.8, 4) is 0 Å². The number of carbonyl (C=O) groups is 2. The number of hydrogen-bond acceptors (Lipinski definition) is 4. The molecular weight excluding hydrogens is 315 g/mol. The first kappa shape index (κ1) is 15.7. The molecule has 2 atom stereocenters. The molecule has 2 aliphatic rings. The maximum atomic E-state index is 13.0. The average Bonchev–Trinajstić information content (AvgIpc) is 2.52. The van der Waals surface area contributed by atoms with Crippen LogP contribution in [0.5, 0.6) is 0 Å². The van der Waals surface area contributed by atoms with Crippen LogP contribution in [0.2, 0.25) is 0 Å². The number of pyridine rings is 1. The van der Waals surface area contributed by atoms with Crippen LogP contribution < -0.4 is 5.32 Å². The second-order valence-electron chi connectivity index (χ2n) is 5.48. The minimum atomic E-state index is -4.65. The number of halogens is 3. The van der Waals surface area contributed by atoms with Crippen molar-refractivity contribution < 1.29 is 27.5 Å². The highest BCUT2D eigenvalue weighted by Gasteiger charge is 2.40. The number of aromatic nitrogens is 1. The Kier molecular flexibility index (Phi) is 3.97. The maximum absolute atomic E-state index is 13.0. The fourth-order valence-electron chi connectivity index (χ4n) is 2.86. The summed E-state index contributed by atoms with van der Waals surface area (Å²) in [5.74, 6) is -1.02. The number of nitrogens with zero attached hydrogens (tertiary/aromatic N) is 2. The summed E-state index contributed by atoms with van der Waals surface area (Å²) in [6.45, 7) is 0.363. The standard InChI is InChI=1S/C14H14F3N3O3/c15-14(16,17)9-5-18-3-1-8(9)13(22)20-4-2-11-10(6-20)19-12(21)7-23-11/h1,3,5,10-11H,2,4,6-7H2,(H,19,21)/t10-,11+/m0/s1. The molecule has 0 unspecified atom stereocenters. The summed E-state index contributed by atoms with van der Waals surface area (Å²) in [6.07, 6.45) is -2.61. The third-order valence-corrected chi connectivity index (χ3v) is 3.97. The fourth-order valence-corrected chi connectivity index (χ4v) is 2.86. The van der Waals surface area contributed by atoms with Gasteiger partial charge < -0.3 is 15.0 Å². The summed E-state index contributed by atoms with van der Waals surface area (Å²) < 4.78 is 44.4. The van der Waals surface area contributed by atoms with Crippen LogP contribution in [0.4, 0.5) is 13.2 Å². The van der Waals surface area contributed by atoms with Crippen molar-refractivity contribution in [2.45, 2.75) is 24.7 Å². The molecule has 1 aromatic rings. The molecule has 3 heterocycles. The third-order valence-electron chi connectivity index (χ3n) is 3.97. The first-order valence-electron chi connectivity index (χ1n) is 7.07. The number of carbonyl (C=O) groups excluding carboxylic acids is 2. The number of fused-ring (bicyclic) bond motifs is 1. The zero-order chi connectivity index (χ0) is 16.6. The van der Waals surface area contributed by atoms with Crippen molar-refractivity contribution >= 4 is 11.8 Å². The Labute approximate surface area is 129 Å². The summed E-state index contributed by atoms with van der Waals surface area (Å²) in [6, 6.07) is 0.665. The molecule has 3 rings (SSSR count). The lowest BCUT2D eigenvalue weighted by Crippen LogP contribution is -2.61. The first-order valence-corrected chi connectivity index (χ1v) is 7.07. The minimum Gasteiger partial charge on any atom is -0.366 e. The van der Waals surface area contributed by atoms with Crippen molar-refractivity contribution in [2.75, 3.05) is 19.7 Å². The van der Waals surface area contributed by atoms with E-state index in [-0.39, 0.29) is 31.7 Å². The lowest BCUT2D eigenvalue weighted by Gasteiger charge is -2.41. The van der Waals surface area contributed by atoms with Gasteiger partial charge in [0.2, 0.25) is 5.91 Å². The number of piperidine rings is 1. The van der Waals surface area contributed by atoms with E-state index < -0.39 is 29.3 Å². The van der Waals surface area contributed by atoms with E-state index in [9.17, 15) is 22.8 Å². The lowest BCUT2D eigenvalue weighted by molar-refractivity contribution is -0.139. The van der Waals surface area contributed by atoms with Gasteiger partial charge in [-0.05, 0) is 12.5 Å². The van der Waals surface area contributed by atoms with Crippen molar-refractivity contribution in [3.63, 3.8) is 0 Å². The molecule has 9 heteroatoms. The van der Waals surface area contributed by atoms with E-state index in [4.69, 9.17) is 4.74 Å². The molecule has 2 aliphatic heterocycles. The minimum absolute atomic E-state index is 0.0301. The maximum Gasteiger partial charge on any atom is 0.418 e. The van der Waals surface area contributed by atoms with Crippen LogP contribution in [0, 0.1) is 0 Å². The number of ether oxygens (including phenoxy) is 1. The number of rotatable bonds is 1. The van der Waals surface area contributed by atoms with Crippen LogP contribution in [0.1, 0.15) is 22.3 Å². The van der Waals surface area contributed by atoms with E-state index in [1.807, 2.05) is 0 Å². The molecule has 6 nitrogen and oxygen atoms in total. The van der Waals surface area contributed by atoms with Gasteiger partial charge in [0.15, 0.2) is 0 Å². The molecule has 2 fully saturated rings. The zero-order valence-corrected chi connectivity index (χ0v) is 12.0. The van der Waals surface area contributed by atoms with Gasteiger partial charge >= 0.3 is 6.18 Å². The van der Waals surface area contributed by atoms with E-state index in [0.29, 0.717) is 12.6 Å². The van der Waals surface area contributed by atoms with Crippen LogP contribution >= 0.6 is 0 Å². The Morgan fingerprint density at radius 3 is 2.96 bits per heavy atom. The Hall–Kier alpha value is -2.16. The highest BCUT2D eigenvalue weighted by Crippen LogP contribution is 2.32. The Balaban J connectivity index is 1.80. The molecule has 0 bridgehead atoms. The summed E-state index contributed by atoms with van der Waals surface area (Å²) in [4.78, 5) is 28.6. The van der Waals surface area contributed by atoms with Gasteiger partial charge in [0, 0.05) is 25.5 Å². The summed E-state index contributed by atoms with van der Waals surface area (Å²) >= 11 is 0. The lowest BCUT2D eigenvalue weighted by atomic mass is 9.99. The van der Waals surface area contributed by atoms with Gasteiger partial charge in [0.05, 0.1) is 23.3 Å². The SMILES string of the molecule is O=C1CO[C@@H]2CCN(C(=O)c3ccncc3C(F)(F)F)C[C@@H]2N1. The van der Waals surface area contributed by atoms with E-state index in [1.165, 1.54) is 4.90 Å². The van der Waals surface area contributed by atoms with Gasteiger partial charge in [-0.15, -0.1) is 0 Å². The zero-order valence-electron chi connectivity index (χ0n) is 12.0. The van der Waals surface area contributed by atoms with Crippen molar-refractivity contribution in [1.82, 2.24) is 15.2 Å². The van der Waals surface area contributed by atoms with Gasteiger partial charge in [-0.1, -0.05) is 0 Å². The topological polar surface area (TPSA) is 71.5 Å². The van der Waals surface area contributed by atoms with Crippen molar-refractivity contribution in [1.29, 1.82) is 0 Å². The monoisotopic (exact) mass is 329 g/mol. The smallest absolute Gasteiger partial charge is 0.366 e. The number of hydrogen-bond donors (Lipinski definition) is 1. The second-order valence-corrected chi connectivity index (χ2v) is 5.48. The second kappa shape index (κ2) is 5.80. The molecule has 124 valence electrons. The van der Waals surface area contributed by atoms with Crippen molar-refractivity contribution in [3.05, 3.63) is 29.6 Å². The molecule has 2 amide bonds. The molecule has 0 spiro atoms. The van der Waals surface area contributed by atoms with Crippen molar-refractivity contribution in [2.24, 2.45) is 0 Å². The molecule has 0 saturated carbocycles. The largest absolute Gasteiger partial charge is 0.418 e. The summed E-state index contributed by atoms with van der Waals surface area (Å²) in [5.41, 5.74) is -1.50. The normalized spacial score (nSPS) is 24.8. The first-order chi connectivity index (χ1) is 10.9. The predicted octanol–water partition coefficient (Wildman–Crippen LogP) is 0.830. The van der Waals surface area contributed by atoms with E-state index in [2.05, 4.69) is 10.3 Å². The van der Waals surface area contributed by atoms with Gasteiger partial charge in [0.1, 0.15) is 6.61 Å². The molecule has 23 heavy (non-hydrogen) atoms. The highest BCUT2D eigenvalue weighted by atomic mass is 19.4. The summed E-state index contributed by atoms with van der Waals surface area (Å²) in [7, 11) is 0. The Morgan fingerprint density at radius 1 is 1.43 bits per heavy atom. The quantitative estimate of drug-likeness (QED) is 0.828. The summed E-state index contributed by atoms with van der Waals surface area (Å²) in [5, 5.41) is 2.71. The Morgan fingerprint density at radius 2 is 2.22 bits per heavy atom. The Bertz CT molecular complexity index is 635. The number of amides is 2. The predicted molar refractivity (Wildman–Crippen MR) is 71.4 cm³/mol. The van der Waals surface area contributed by atoms with Crippen LogP contribution in [-0.4, -0.2) is 53.5 Å². The van der Waals surface area contributed by atoms with Gasteiger partial charge in [-0.25, -0.2) is 0 Å². The molecule has 0 radical (unpaired) electrons. The molecule has 0 aliphatic carbocycles. The van der Waals surface area contributed by atoms with Gasteiger partial charge in [-0.2, -0.15) is 13.2 Å². The third kappa shape index (κ3) is 3.14. The van der Waals surface area contributed by atoms with Crippen LogP contribution in [0.3, 0.4) is 0 Å². The molecule has 0 aromatic carbocycles. The van der Waals surface area contributed by atoms with Gasteiger partial charge in [-0.3, -0.25) is 14.6 Å². The van der Waals surface area contributed by atoms with E-state index in [0.717, 1.165) is 12.3 Å². The van der Waals surface area contributed by atoms with E-state index in [1.54, 1.807) is 0 Å². The van der Waals surface area contributed by atoms with E-state index >= 15 is 0 Å². The van der Waals surface area contributed by atoms with Gasteiger partial charge in [0.25, 0.3) is 5.91 Å². The van der Waals surface area contributed by atoms with Crippen LogP contribution in [0.15, 0.2) is 18.5 Å². The average molecular weight is 329 g/mol. The fraction of sp³-hybridized carbons (Fsp3) is 0.500. The molecular formula is C14H14F3N3O3. The number of morpholine rings is 1. The number of nitrogens with one attached hydrogen (secondary N) is 1. The number of likely N-dealkylation sites (tertiary alicyclic amines) is 1. The molecule has 1 N–H and O–H groups in total. The molecule has 2 saturated heterocycles. The highest BCUT2D eigenvalue weighted by molar-refractivity contribution is 5.96. The molecule has 1 aromatic heterocycles. The number of alkyl halides is 3. The van der Waals surface area contributed by atoms with Crippen LogP contribution in [0.25, 0.3) is 0 Å².